The average molecular weight is 2050 g/mol. The fraction of sp³-hybridized carbons (Fsp3) is 0.224. The van der Waals surface area contributed by atoms with Crippen molar-refractivity contribution >= 4 is 102 Å². The molecule has 2 aliphatic heterocycles. The van der Waals surface area contributed by atoms with Crippen molar-refractivity contribution in [2.45, 2.75) is 170 Å². The second-order valence-electron chi connectivity index (χ2n) is 28.9. The van der Waals surface area contributed by atoms with E-state index in [2.05, 4.69) is 69.7 Å². The number of carboxylic acid groups (broad SMARTS) is 1. The number of alkyl halides is 1. The average Bonchev–Trinajstić information content (AvgIpc) is 1.63. The van der Waals surface area contributed by atoms with Crippen LogP contribution in [0.4, 0.5) is 5.82 Å². The number of rotatable bonds is 21. The number of carbonyl (C=O) groups excluding carboxylic acids is 1. The summed E-state index contributed by atoms with van der Waals surface area (Å²) in [5, 5.41) is 44.3. The Labute approximate surface area is 884 Å². The van der Waals surface area contributed by atoms with Crippen molar-refractivity contribution in [2.24, 2.45) is 9.98 Å². The molecule has 0 unspecified atom stereocenters. The third-order valence-electron chi connectivity index (χ3n) is 19.9. The second-order valence-corrected chi connectivity index (χ2v) is 28.9. The van der Waals surface area contributed by atoms with Crippen LogP contribution in [0, 0.1) is 20.8 Å². The number of imidazole rings is 2. The van der Waals surface area contributed by atoms with Gasteiger partial charge in [-0.15, -0.1) is 12.4 Å². The molecule has 0 saturated carbocycles. The number of fused-ring (bicyclic) bond motifs is 3. The molecule has 8 aromatic carbocycles. The number of carbonyl (C=O) groups is 2. The van der Waals surface area contributed by atoms with Gasteiger partial charge in [0, 0.05) is 88.5 Å². The number of phenolic OH excluding ortho intramolecular Hbond substituents is 1. The number of carboxylic acids is 1. The summed E-state index contributed by atoms with van der Waals surface area (Å²) in [4.78, 5) is 65.0. The van der Waals surface area contributed by atoms with E-state index in [1.165, 1.54) is 12.3 Å². The molecular weight excluding hydrogens is 1920 g/mol. The summed E-state index contributed by atoms with van der Waals surface area (Å²) in [6, 6.07) is 85.7. The molecule has 17 aromatic rings. The van der Waals surface area contributed by atoms with Gasteiger partial charge in [-0.05, 0) is 127 Å². The van der Waals surface area contributed by atoms with Gasteiger partial charge in [0.1, 0.15) is 51.6 Å². The van der Waals surface area contributed by atoms with E-state index < -0.39 is 5.97 Å². The van der Waals surface area contributed by atoms with Gasteiger partial charge in [0.2, 0.25) is 11.8 Å². The molecule has 5 N–H and O–H groups in total. The number of nitrogens with one attached hydrogen (secondary N) is 1. The van der Waals surface area contributed by atoms with Crippen molar-refractivity contribution < 1.29 is 80.0 Å². The fourth-order valence-electron chi connectivity index (χ4n) is 14.0. The summed E-state index contributed by atoms with van der Waals surface area (Å²) < 4.78 is 31.1. The van der Waals surface area contributed by atoms with Crippen LogP contribution in [0.15, 0.2) is 356 Å². The molecular formula is C116H133BClIN12NaO10. The monoisotopic (exact) mass is 2050 g/mol. The van der Waals surface area contributed by atoms with Crippen LogP contribution in [0.5, 0.6) is 17.5 Å². The van der Waals surface area contributed by atoms with E-state index in [-0.39, 0.29) is 80.9 Å². The number of halogens is 2. The Kier molecular flexibility index (Phi) is 54.3. The maximum absolute atomic E-state index is 13.1. The number of furan rings is 4. The second kappa shape index (κ2) is 65.1. The molecule has 0 saturated heterocycles. The molecule has 3 radical (unpaired) electrons. The number of aryl methyl sites for hydroxylation is 3. The molecule has 22 nitrogen and oxygen atoms in total. The van der Waals surface area contributed by atoms with Gasteiger partial charge in [0.25, 0.3) is 5.91 Å². The molecule has 9 aromatic heterocycles. The largest absolute Gasteiger partial charge is 1.00 e. The van der Waals surface area contributed by atoms with Crippen LogP contribution in [0.3, 0.4) is 0 Å². The molecule has 1 amide bonds. The van der Waals surface area contributed by atoms with E-state index in [4.69, 9.17) is 44.0 Å². The number of benzene rings is 8. The molecule has 0 atom stereocenters. The number of aromatic nitrogens is 8. The van der Waals surface area contributed by atoms with Gasteiger partial charge < -0.3 is 44.8 Å². The van der Waals surface area contributed by atoms with E-state index >= 15 is 0 Å². The van der Waals surface area contributed by atoms with Gasteiger partial charge >= 0.3 is 35.5 Å². The summed E-state index contributed by atoms with van der Waals surface area (Å²) >= 11 is 1.96. The topological polar surface area (TPSA) is 294 Å². The number of phenols is 1. The third kappa shape index (κ3) is 34.5. The first-order valence-corrected chi connectivity index (χ1v) is 48.9. The number of anilines is 1. The minimum absolute atomic E-state index is 0. The van der Waals surface area contributed by atoms with E-state index in [9.17, 15) is 30.0 Å². The quantitative estimate of drug-likeness (QED) is 0.0193. The van der Waals surface area contributed by atoms with Crippen LogP contribution in [-0.4, -0.2) is 101 Å². The van der Waals surface area contributed by atoms with Crippen molar-refractivity contribution in [1.29, 1.82) is 0 Å². The Balaban J connectivity index is 0.000000462. The Hall–Kier alpha value is -14.0. The minimum Gasteiger partial charge on any atom is -1.00 e. The summed E-state index contributed by atoms with van der Waals surface area (Å²) in [6.07, 6.45) is 19.5. The number of aromatic hydroxyl groups is 3. The van der Waals surface area contributed by atoms with Gasteiger partial charge in [-0.25, -0.2) is 44.7 Å². The van der Waals surface area contributed by atoms with E-state index in [1.54, 1.807) is 99.6 Å². The fourth-order valence-corrected chi connectivity index (χ4v) is 14.0. The summed E-state index contributed by atoms with van der Waals surface area (Å²) in [5.41, 5.74) is 20.0. The molecule has 19 rings (SSSR count). The normalized spacial score (nSPS) is 11.3. The Morgan fingerprint density at radius 2 is 0.817 bits per heavy atom. The van der Waals surface area contributed by atoms with Crippen LogP contribution >= 0.6 is 35.0 Å². The van der Waals surface area contributed by atoms with Crippen molar-refractivity contribution in [3.63, 3.8) is 0 Å². The molecule has 0 fully saturated rings. The number of aliphatic carboxylic acids is 1. The summed E-state index contributed by atoms with van der Waals surface area (Å²) in [6.45, 7) is 38.1. The van der Waals surface area contributed by atoms with Crippen molar-refractivity contribution in [2.75, 3.05) is 10.2 Å². The zero-order valence-corrected chi connectivity index (χ0v) is 90.1. The number of amides is 1. The van der Waals surface area contributed by atoms with Gasteiger partial charge in [-0.3, -0.25) is 18.5 Å². The van der Waals surface area contributed by atoms with E-state index in [1.807, 2.05) is 335 Å². The van der Waals surface area contributed by atoms with E-state index in [0.29, 0.717) is 106 Å². The summed E-state index contributed by atoms with van der Waals surface area (Å²) in [7, 11) is 0. The van der Waals surface area contributed by atoms with Gasteiger partial charge in [0.15, 0.2) is 22.9 Å². The third-order valence-corrected chi connectivity index (χ3v) is 19.9. The zero-order chi connectivity index (χ0) is 102. The van der Waals surface area contributed by atoms with Gasteiger partial charge in [-0.2, -0.15) is 0 Å². The van der Waals surface area contributed by atoms with Crippen LogP contribution in [0.1, 0.15) is 210 Å². The molecule has 0 spiro atoms. The zero-order valence-electron chi connectivity index (χ0n) is 87.1. The SMILES string of the molecule is CC.CC.CC.CC.CC.CC.CC.CC.Cc1cccc(-c2cn3c(O)c(Cc4ccco4)nc3c(Cc3ccccc3)n2)c1.Cc1cccc(-c2cnc(N/C(=C\c3ccco3)C(=O)O)c(Cc3ccccc3)n2)c1.Cc1cccc(C2=CN3C(=O)/C(=C/c4ccco4)N=C3C(Cc3ccccc3)=N2)c1.Cl.Oc1cccc(-c2cn3c(O)c(Cc4ccco4)nc3c(Cc3ccccc3)n2)c1.[2H]CI.[B].[H-].[Na+]. The predicted molar refractivity (Wildman–Crippen MR) is 590 cm³/mol. The number of amidine groups is 1. The van der Waals surface area contributed by atoms with Crippen molar-refractivity contribution in [1.82, 2.24) is 43.6 Å². The number of hydrogen-bond donors (Lipinski definition) is 5. The summed E-state index contributed by atoms with van der Waals surface area (Å²) in [5.74, 6) is 2.48. The van der Waals surface area contributed by atoms with Gasteiger partial charge in [-0.1, -0.05) is 338 Å². The predicted octanol–water partition coefficient (Wildman–Crippen LogP) is 26.2. The van der Waals surface area contributed by atoms with Gasteiger partial charge in [0.05, 0.1) is 89.7 Å². The smallest absolute Gasteiger partial charge is 1.00 e. The first-order chi connectivity index (χ1) is 68.5. The Bertz CT molecular complexity index is 6540. The van der Waals surface area contributed by atoms with Crippen LogP contribution in [-0.2, 0) is 48.1 Å². The molecule has 0 aliphatic carbocycles. The first-order valence-electron chi connectivity index (χ1n) is 48.1. The van der Waals surface area contributed by atoms with Crippen LogP contribution in [0.25, 0.3) is 62.9 Å². The Morgan fingerprint density at radius 1 is 0.437 bits per heavy atom. The first kappa shape index (κ1) is 118. The molecule has 0 bridgehead atoms. The molecule has 26 heteroatoms. The number of nitrogens with zero attached hydrogens (tertiary/aromatic N) is 11. The minimum atomic E-state index is -1.12. The molecule has 142 heavy (non-hydrogen) atoms. The number of aliphatic imine (C=N–C) groups is 2. The van der Waals surface area contributed by atoms with E-state index in [0.717, 1.165) is 107 Å². The van der Waals surface area contributed by atoms with Crippen LogP contribution in [0.2, 0.25) is 0 Å². The van der Waals surface area contributed by atoms with Crippen molar-refractivity contribution in [3.05, 3.63) is 424 Å². The maximum Gasteiger partial charge on any atom is 1.00 e. The Morgan fingerprint density at radius 3 is 1.23 bits per heavy atom. The molecule has 11 heterocycles. The molecule has 735 valence electrons. The number of hydrogen-bond acceptors (Lipinski definition) is 18. The standard InChI is InChI=1S/C25H21N3O3.C25H21N3O2.C25H19N3O2.C24H19N3O3.8C2H6.CH3I.B.ClH.Na.H/c1-17-7-5-10-19(13-17)23-16-26-24(21(27-23)14-18-8-3-2-4-9-18)28-22(25(29)30)15-20-11-6-12-31-20;2*1-17-7-5-10-19(13-17)23-16-28-24(21(26-23)14-18-8-3-2-4-9-18)27-22(25(28)29)15-20-11-6-12-30-20;28-18-9-4-8-17(13-18)22-15-27-23(20(25-22)12-16-6-2-1-3-7-16)26-21(24(27)29)14-19-10-5-11-30-19;9*1-2;;;;/h2-13,15-16H,14H2,1H3,(H,26,28)(H,29,30);2-13,16,29H,14-15H2,1H3;2-13,15-16H,14H2,1H3;1-11,13,15,28-29H,12,14H2;8*1-2H3;1H3;;1H;;/q;;;;;;;;;;;;;;;+1;-1/b22-15-;;22-15-;;;;;;;;;;;;;;/i;;;;;;;;;;;;1D;;;;. The van der Waals surface area contributed by atoms with Crippen molar-refractivity contribution in [3.8, 4) is 51.3 Å². The van der Waals surface area contributed by atoms with Crippen LogP contribution < -0.4 is 34.9 Å². The maximum atomic E-state index is 13.1. The molecule has 2 aliphatic rings.